The first-order valence-corrected chi connectivity index (χ1v) is 6.70. The van der Waals surface area contributed by atoms with E-state index in [1.807, 2.05) is 18.2 Å². The molecule has 2 unspecified atom stereocenters. The van der Waals surface area contributed by atoms with Crippen LogP contribution in [0.2, 0.25) is 0 Å². The Morgan fingerprint density at radius 3 is 2.68 bits per heavy atom. The molecule has 0 saturated carbocycles. The number of methoxy groups -OCH3 is 2. The second-order valence-electron chi connectivity index (χ2n) is 5.20. The maximum Gasteiger partial charge on any atom is 0.124 e. The van der Waals surface area contributed by atoms with E-state index in [1.165, 1.54) is 0 Å². The summed E-state index contributed by atoms with van der Waals surface area (Å²) in [6, 6.07) is 5.81. The highest BCUT2D eigenvalue weighted by Crippen LogP contribution is 2.33. The molecule has 0 spiro atoms. The third-order valence-electron chi connectivity index (χ3n) is 3.88. The van der Waals surface area contributed by atoms with Crippen LogP contribution in [0.3, 0.4) is 0 Å². The summed E-state index contributed by atoms with van der Waals surface area (Å²) in [6.07, 6.45) is 1.05. The molecule has 1 fully saturated rings. The standard InChI is InChI=1S/C15H23NO3/c1-5-15(2)10-19-14(9-16-15)12-8-11(17-3)6-7-13(12)18-4/h6-8,14,16H,5,9-10H2,1-4H3. The number of rotatable bonds is 4. The minimum absolute atomic E-state index is 0.00433. The smallest absolute Gasteiger partial charge is 0.124 e. The van der Waals surface area contributed by atoms with Gasteiger partial charge in [0.05, 0.1) is 26.9 Å². The number of nitrogens with one attached hydrogen (secondary N) is 1. The molecule has 0 bridgehead atoms. The molecule has 1 saturated heterocycles. The Labute approximate surface area is 115 Å². The first-order chi connectivity index (χ1) is 9.11. The Kier molecular flexibility index (Phi) is 4.32. The van der Waals surface area contributed by atoms with Gasteiger partial charge in [0.1, 0.15) is 11.5 Å². The van der Waals surface area contributed by atoms with Crippen molar-refractivity contribution in [2.24, 2.45) is 0 Å². The van der Waals surface area contributed by atoms with E-state index in [1.54, 1.807) is 14.2 Å². The summed E-state index contributed by atoms with van der Waals surface area (Å²) in [4.78, 5) is 0. The van der Waals surface area contributed by atoms with E-state index in [4.69, 9.17) is 14.2 Å². The number of ether oxygens (including phenoxy) is 3. The molecule has 1 aliphatic heterocycles. The highest BCUT2D eigenvalue weighted by atomic mass is 16.5. The molecule has 1 aliphatic rings. The molecule has 1 N–H and O–H groups in total. The van der Waals surface area contributed by atoms with Gasteiger partial charge in [-0.2, -0.15) is 0 Å². The predicted octanol–water partition coefficient (Wildman–Crippen LogP) is 2.53. The van der Waals surface area contributed by atoms with Gasteiger partial charge in [-0.15, -0.1) is 0 Å². The quantitative estimate of drug-likeness (QED) is 0.908. The lowest BCUT2D eigenvalue weighted by Crippen LogP contribution is -2.52. The first kappa shape index (κ1) is 14.2. The van der Waals surface area contributed by atoms with Gasteiger partial charge >= 0.3 is 0 Å². The van der Waals surface area contributed by atoms with Crippen molar-refractivity contribution in [3.63, 3.8) is 0 Å². The Hall–Kier alpha value is -1.26. The molecule has 19 heavy (non-hydrogen) atoms. The normalized spacial score (nSPS) is 27.1. The van der Waals surface area contributed by atoms with E-state index in [9.17, 15) is 0 Å². The van der Waals surface area contributed by atoms with Crippen LogP contribution in [0.1, 0.15) is 31.9 Å². The van der Waals surface area contributed by atoms with Crippen molar-refractivity contribution in [2.45, 2.75) is 31.9 Å². The third kappa shape index (κ3) is 3.01. The van der Waals surface area contributed by atoms with Crippen LogP contribution in [0.4, 0.5) is 0 Å². The molecule has 0 aliphatic carbocycles. The van der Waals surface area contributed by atoms with Gasteiger partial charge < -0.3 is 19.5 Å². The van der Waals surface area contributed by atoms with Crippen LogP contribution in [0.5, 0.6) is 11.5 Å². The number of morpholine rings is 1. The van der Waals surface area contributed by atoms with E-state index in [0.717, 1.165) is 30.0 Å². The fourth-order valence-electron chi connectivity index (χ4n) is 2.25. The highest BCUT2D eigenvalue weighted by Gasteiger charge is 2.31. The molecule has 106 valence electrons. The second kappa shape index (κ2) is 5.80. The monoisotopic (exact) mass is 265 g/mol. The molecule has 1 aromatic rings. The van der Waals surface area contributed by atoms with E-state index in [0.29, 0.717) is 6.61 Å². The maximum atomic E-state index is 6.01. The SMILES string of the molecule is CCC1(C)COC(c2cc(OC)ccc2OC)CN1. The summed E-state index contributed by atoms with van der Waals surface area (Å²) in [5.74, 6) is 1.66. The van der Waals surface area contributed by atoms with Crippen LogP contribution < -0.4 is 14.8 Å². The number of hydrogen-bond acceptors (Lipinski definition) is 4. The number of benzene rings is 1. The van der Waals surface area contributed by atoms with Gasteiger partial charge in [-0.05, 0) is 31.5 Å². The summed E-state index contributed by atoms with van der Waals surface area (Å²) in [6.45, 7) is 5.84. The molecular formula is C15H23NO3. The van der Waals surface area contributed by atoms with E-state index < -0.39 is 0 Å². The zero-order chi connectivity index (χ0) is 13.9. The van der Waals surface area contributed by atoms with Crippen LogP contribution in [0, 0.1) is 0 Å². The van der Waals surface area contributed by atoms with Crippen LogP contribution in [-0.2, 0) is 4.74 Å². The zero-order valence-electron chi connectivity index (χ0n) is 12.2. The molecule has 1 aromatic carbocycles. The summed E-state index contributed by atoms with van der Waals surface area (Å²) in [5, 5.41) is 3.56. The van der Waals surface area contributed by atoms with E-state index >= 15 is 0 Å². The Bertz CT molecular complexity index is 425. The van der Waals surface area contributed by atoms with Gasteiger partial charge in [0, 0.05) is 17.6 Å². The molecule has 1 heterocycles. The van der Waals surface area contributed by atoms with Crippen LogP contribution >= 0.6 is 0 Å². The summed E-state index contributed by atoms with van der Waals surface area (Å²) >= 11 is 0. The van der Waals surface area contributed by atoms with Crippen molar-refractivity contribution in [3.8, 4) is 11.5 Å². The van der Waals surface area contributed by atoms with Crippen LogP contribution in [0.25, 0.3) is 0 Å². The molecular weight excluding hydrogens is 242 g/mol. The second-order valence-corrected chi connectivity index (χ2v) is 5.20. The fourth-order valence-corrected chi connectivity index (χ4v) is 2.25. The molecule has 4 nitrogen and oxygen atoms in total. The lowest BCUT2D eigenvalue weighted by atomic mass is 9.96. The summed E-state index contributed by atoms with van der Waals surface area (Å²) < 4.78 is 16.7. The molecule has 2 atom stereocenters. The fraction of sp³-hybridized carbons (Fsp3) is 0.600. The molecule has 4 heteroatoms. The average Bonchev–Trinajstić information content (AvgIpc) is 2.47. The van der Waals surface area contributed by atoms with Gasteiger partial charge in [0.15, 0.2) is 0 Å². The molecule has 0 amide bonds. The minimum Gasteiger partial charge on any atom is -0.497 e. The highest BCUT2D eigenvalue weighted by molar-refractivity contribution is 5.42. The molecule has 2 rings (SSSR count). The minimum atomic E-state index is 0.00433. The number of hydrogen-bond donors (Lipinski definition) is 1. The van der Waals surface area contributed by atoms with Crippen molar-refractivity contribution in [1.82, 2.24) is 5.32 Å². The Balaban J connectivity index is 2.18. The molecule has 0 radical (unpaired) electrons. The predicted molar refractivity (Wildman–Crippen MR) is 74.9 cm³/mol. The first-order valence-electron chi connectivity index (χ1n) is 6.70. The van der Waals surface area contributed by atoms with Gasteiger partial charge in [-0.25, -0.2) is 0 Å². The van der Waals surface area contributed by atoms with Gasteiger partial charge in [0.2, 0.25) is 0 Å². The van der Waals surface area contributed by atoms with Crippen molar-refractivity contribution in [1.29, 1.82) is 0 Å². The van der Waals surface area contributed by atoms with Gasteiger partial charge in [-0.3, -0.25) is 0 Å². The Morgan fingerprint density at radius 1 is 1.37 bits per heavy atom. The topological polar surface area (TPSA) is 39.7 Å². The third-order valence-corrected chi connectivity index (χ3v) is 3.88. The Morgan fingerprint density at radius 2 is 2.16 bits per heavy atom. The van der Waals surface area contributed by atoms with Gasteiger partial charge in [0.25, 0.3) is 0 Å². The largest absolute Gasteiger partial charge is 0.497 e. The van der Waals surface area contributed by atoms with Crippen molar-refractivity contribution < 1.29 is 14.2 Å². The average molecular weight is 265 g/mol. The van der Waals surface area contributed by atoms with E-state index in [2.05, 4.69) is 19.2 Å². The summed E-state index contributed by atoms with van der Waals surface area (Å²) in [7, 11) is 3.34. The maximum absolute atomic E-state index is 6.01. The van der Waals surface area contributed by atoms with Crippen molar-refractivity contribution in [3.05, 3.63) is 23.8 Å². The van der Waals surface area contributed by atoms with Crippen LogP contribution in [0.15, 0.2) is 18.2 Å². The summed E-state index contributed by atoms with van der Waals surface area (Å²) in [5.41, 5.74) is 1.11. The van der Waals surface area contributed by atoms with E-state index in [-0.39, 0.29) is 11.6 Å². The zero-order valence-corrected chi connectivity index (χ0v) is 12.2. The van der Waals surface area contributed by atoms with Gasteiger partial charge in [-0.1, -0.05) is 6.92 Å². The van der Waals surface area contributed by atoms with Crippen LogP contribution in [-0.4, -0.2) is 32.9 Å². The lowest BCUT2D eigenvalue weighted by molar-refractivity contribution is -0.0309. The van der Waals surface area contributed by atoms with Crippen molar-refractivity contribution in [2.75, 3.05) is 27.4 Å². The molecule has 0 aromatic heterocycles. The lowest BCUT2D eigenvalue weighted by Gasteiger charge is -2.38. The van der Waals surface area contributed by atoms with Crippen molar-refractivity contribution >= 4 is 0 Å².